The van der Waals surface area contributed by atoms with Gasteiger partial charge in [0.25, 0.3) is 0 Å². The van der Waals surface area contributed by atoms with Crippen molar-refractivity contribution in [1.82, 2.24) is 24.9 Å². The summed E-state index contributed by atoms with van der Waals surface area (Å²) in [4.78, 5) is 18.9. The van der Waals surface area contributed by atoms with E-state index in [9.17, 15) is 4.79 Å². The van der Waals surface area contributed by atoms with E-state index in [0.29, 0.717) is 35.0 Å². The maximum atomic E-state index is 12.5. The van der Waals surface area contributed by atoms with E-state index in [1.165, 1.54) is 19.3 Å². The Hall–Kier alpha value is -2.64. The Morgan fingerprint density at radius 1 is 1.25 bits per heavy atom. The fourth-order valence-corrected chi connectivity index (χ4v) is 4.44. The minimum atomic E-state index is -0.333. The molecule has 1 atom stereocenters. The van der Waals surface area contributed by atoms with Crippen LogP contribution in [0, 0.1) is 18.3 Å². The Balaban J connectivity index is 1.40. The number of aromatic nitrogens is 4. The average Bonchev–Trinajstić information content (AvgIpc) is 3.19. The van der Waals surface area contributed by atoms with Crippen molar-refractivity contribution in [2.24, 2.45) is 18.4 Å². The van der Waals surface area contributed by atoms with E-state index < -0.39 is 0 Å². The molecule has 174 valence electrons. The summed E-state index contributed by atoms with van der Waals surface area (Å²) in [6, 6.07) is 3.86. The first kappa shape index (κ1) is 22.6. The van der Waals surface area contributed by atoms with E-state index in [1.54, 1.807) is 23.7 Å². The van der Waals surface area contributed by atoms with E-state index in [-0.39, 0.29) is 18.8 Å². The Morgan fingerprint density at radius 2 is 1.97 bits per heavy atom. The quantitative estimate of drug-likeness (QED) is 0.629. The lowest BCUT2D eigenvalue weighted by Gasteiger charge is -2.23. The van der Waals surface area contributed by atoms with Crippen LogP contribution >= 0.6 is 0 Å². The molecule has 32 heavy (non-hydrogen) atoms. The van der Waals surface area contributed by atoms with Gasteiger partial charge in [-0.3, -0.25) is 0 Å². The average molecular weight is 442 g/mol. The van der Waals surface area contributed by atoms with Gasteiger partial charge in [-0.1, -0.05) is 25.5 Å². The Bertz CT molecular complexity index is 965. The van der Waals surface area contributed by atoms with Gasteiger partial charge in [-0.05, 0) is 62.5 Å². The monoisotopic (exact) mass is 441 g/mol. The van der Waals surface area contributed by atoms with Crippen LogP contribution in [0.2, 0.25) is 0 Å². The van der Waals surface area contributed by atoms with Crippen molar-refractivity contribution in [3.8, 4) is 17.1 Å². The van der Waals surface area contributed by atoms with Gasteiger partial charge in [0, 0.05) is 20.6 Å². The Morgan fingerprint density at radius 3 is 2.62 bits per heavy atom. The third-order valence-electron chi connectivity index (χ3n) is 6.92. The van der Waals surface area contributed by atoms with Crippen molar-refractivity contribution in [2.75, 3.05) is 13.6 Å². The molecule has 8 heteroatoms. The summed E-state index contributed by atoms with van der Waals surface area (Å²) in [6.45, 7) is 7.21. The van der Waals surface area contributed by atoms with Crippen LogP contribution in [0.4, 0.5) is 4.79 Å². The molecular formula is C24H35N5O3. The first-order valence-electron chi connectivity index (χ1n) is 11.7. The summed E-state index contributed by atoms with van der Waals surface area (Å²) in [5.41, 5.74) is 3.19. The van der Waals surface area contributed by atoms with Crippen LogP contribution in [0.5, 0.6) is 5.75 Å². The number of ether oxygens (including phenoxy) is 2. The third kappa shape index (κ3) is 5.05. The molecule has 2 aliphatic carbocycles. The second kappa shape index (κ2) is 9.08. The number of carbonyl (C=O) groups excluding carboxylic acids is 1. The zero-order chi connectivity index (χ0) is 22.9. The number of carbonyl (C=O) groups is 1. The number of pyridine rings is 1. The van der Waals surface area contributed by atoms with Crippen LogP contribution < -0.4 is 4.74 Å². The fraction of sp³-hybridized carbons (Fsp3) is 0.667. The highest BCUT2D eigenvalue weighted by atomic mass is 16.6. The van der Waals surface area contributed by atoms with E-state index in [0.717, 1.165) is 30.7 Å². The second-order valence-corrected chi connectivity index (χ2v) is 9.99. The Labute approximate surface area is 190 Å². The molecule has 2 heterocycles. The lowest BCUT2D eigenvalue weighted by Crippen LogP contribution is -2.30. The normalized spacial score (nSPS) is 20.1. The number of hydrogen-bond donors (Lipinski definition) is 0. The van der Waals surface area contributed by atoms with Crippen LogP contribution in [-0.4, -0.2) is 50.7 Å². The molecule has 2 saturated carbocycles. The van der Waals surface area contributed by atoms with Crippen LogP contribution in [0.3, 0.4) is 0 Å². The molecule has 2 fully saturated rings. The molecule has 2 aromatic rings. The highest BCUT2D eigenvalue weighted by Gasteiger charge is 2.46. The number of rotatable bonds is 7. The fourth-order valence-electron chi connectivity index (χ4n) is 4.44. The van der Waals surface area contributed by atoms with Crippen molar-refractivity contribution in [3.05, 3.63) is 23.5 Å². The van der Waals surface area contributed by atoms with Gasteiger partial charge in [0.2, 0.25) is 0 Å². The molecule has 0 radical (unpaired) electrons. The van der Waals surface area contributed by atoms with E-state index in [2.05, 4.69) is 24.2 Å². The third-order valence-corrected chi connectivity index (χ3v) is 6.92. The first-order chi connectivity index (χ1) is 15.2. The van der Waals surface area contributed by atoms with Crippen LogP contribution in [0.1, 0.15) is 63.8 Å². The molecule has 0 bridgehead atoms. The number of hydrogen-bond acceptors (Lipinski definition) is 6. The molecule has 8 nitrogen and oxygen atoms in total. The number of amides is 1. The molecule has 1 amide bonds. The van der Waals surface area contributed by atoms with Gasteiger partial charge in [-0.15, -0.1) is 5.10 Å². The van der Waals surface area contributed by atoms with E-state index in [1.807, 2.05) is 19.1 Å². The highest BCUT2D eigenvalue weighted by molar-refractivity contribution is 5.67. The van der Waals surface area contributed by atoms with Gasteiger partial charge >= 0.3 is 6.09 Å². The number of nitrogens with zero attached hydrogens (tertiary/aromatic N) is 5. The summed E-state index contributed by atoms with van der Waals surface area (Å²) in [6.07, 6.45) is 7.05. The molecule has 4 rings (SSSR count). The van der Waals surface area contributed by atoms with Crippen molar-refractivity contribution in [3.63, 3.8) is 0 Å². The summed E-state index contributed by atoms with van der Waals surface area (Å²) >= 11 is 0. The molecular weight excluding hydrogens is 406 g/mol. The van der Waals surface area contributed by atoms with Gasteiger partial charge in [-0.2, -0.15) is 0 Å². The summed E-state index contributed by atoms with van der Waals surface area (Å²) in [7, 11) is 3.58. The highest BCUT2D eigenvalue weighted by Crippen LogP contribution is 2.51. The largest absolute Gasteiger partial charge is 0.489 e. The second-order valence-electron chi connectivity index (χ2n) is 9.99. The maximum Gasteiger partial charge on any atom is 0.409 e. The van der Waals surface area contributed by atoms with Crippen LogP contribution in [-0.2, 0) is 18.4 Å². The van der Waals surface area contributed by atoms with Crippen molar-refractivity contribution in [1.29, 1.82) is 0 Å². The zero-order valence-corrected chi connectivity index (χ0v) is 19.9. The zero-order valence-electron chi connectivity index (χ0n) is 19.9. The SMILES string of the molecule is Cc1nc(-c2nnn(C)c2COC(=O)N(C)CC2CC2(C)C)ccc1OC1CCCCC1. The predicted octanol–water partition coefficient (Wildman–Crippen LogP) is 4.51. The Kier molecular flexibility index (Phi) is 6.40. The summed E-state index contributed by atoms with van der Waals surface area (Å²) < 4.78 is 13.4. The summed E-state index contributed by atoms with van der Waals surface area (Å²) in [5.74, 6) is 1.36. The maximum absolute atomic E-state index is 12.5. The standard InChI is InChI=1S/C24H35N5O3/c1-16-21(32-18-9-7-6-8-10-18)12-11-19(25-16)22-20(29(5)27-26-22)15-31-23(30)28(4)14-17-13-24(17,2)3/h11-12,17-18H,6-10,13-15H2,1-5H3. The minimum absolute atomic E-state index is 0.0944. The van der Waals surface area contributed by atoms with Crippen LogP contribution in [0.25, 0.3) is 11.4 Å². The smallest absolute Gasteiger partial charge is 0.409 e. The lowest BCUT2D eigenvalue weighted by molar-refractivity contribution is 0.100. The van der Waals surface area contributed by atoms with Gasteiger partial charge in [0.1, 0.15) is 23.7 Å². The molecule has 0 aliphatic heterocycles. The summed E-state index contributed by atoms with van der Waals surface area (Å²) in [5, 5.41) is 8.41. The molecule has 0 saturated heterocycles. The lowest BCUT2D eigenvalue weighted by atomic mass is 9.98. The van der Waals surface area contributed by atoms with Crippen molar-refractivity contribution < 1.29 is 14.3 Å². The van der Waals surface area contributed by atoms with E-state index >= 15 is 0 Å². The van der Waals surface area contributed by atoms with E-state index in [4.69, 9.17) is 14.5 Å². The molecule has 0 aromatic carbocycles. The topological polar surface area (TPSA) is 82.4 Å². The van der Waals surface area contributed by atoms with Crippen molar-refractivity contribution in [2.45, 2.75) is 72.0 Å². The molecule has 0 spiro atoms. The van der Waals surface area contributed by atoms with Gasteiger partial charge in [0.05, 0.1) is 17.5 Å². The molecule has 1 unspecified atom stereocenters. The van der Waals surface area contributed by atoms with Gasteiger partial charge < -0.3 is 14.4 Å². The molecule has 0 N–H and O–H groups in total. The van der Waals surface area contributed by atoms with Crippen LogP contribution in [0.15, 0.2) is 12.1 Å². The molecule has 2 aromatic heterocycles. The predicted molar refractivity (Wildman–Crippen MR) is 121 cm³/mol. The molecule has 2 aliphatic rings. The van der Waals surface area contributed by atoms with Gasteiger partial charge in [0.15, 0.2) is 0 Å². The first-order valence-corrected chi connectivity index (χ1v) is 11.7. The van der Waals surface area contributed by atoms with Gasteiger partial charge in [-0.25, -0.2) is 14.5 Å². The number of aryl methyl sites for hydroxylation is 2. The van der Waals surface area contributed by atoms with Crippen molar-refractivity contribution >= 4 is 6.09 Å². The minimum Gasteiger partial charge on any atom is -0.489 e.